The lowest BCUT2D eigenvalue weighted by Crippen LogP contribution is -2.57. The van der Waals surface area contributed by atoms with E-state index in [2.05, 4.69) is 5.32 Å². The average molecular weight is 557 g/mol. The first-order valence-electron chi connectivity index (χ1n) is 12.4. The third-order valence-electron chi connectivity index (χ3n) is 6.23. The first-order valence-corrected chi connectivity index (χ1v) is 13.8. The number of nitrogens with one attached hydrogen (secondary N) is 2. The Morgan fingerprint density at radius 1 is 1.13 bits per heavy atom. The summed E-state index contributed by atoms with van der Waals surface area (Å²) in [6.45, 7) is 5.76. The van der Waals surface area contributed by atoms with E-state index in [0.29, 0.717) is 28.5 Å². The maximum Gasteiger partial charge on any atom is 0.410 e. The van der Waals surface area contributed by atoms with E-state index in [9.17, 15) is 18.0 Å². The Bertz CT molecular complexity index is 1540. The number of hydrogen-bond donors (Lipinski definition) is 2. The van der Waals surface area contributed by atoms with Crippen molar-refractivity contribution < 1.29 is 31.9 Å². The van der Waals surface area contributed by atoms with Gasteiger partial charge in [0.05, 0.1) is 6.04 Å². The van der Waals surface area contributed by atoms with Crippen LogP contribution in [0.15, 0.2) is 54.6 Å². The lowest BCUT2D eigenvalue weighted by molar-refractivity contribution is -0.117. The van der Waals surface area contributed by atoms with E-state index in [-0.39, 0.29) is 29.5 Å². The zero-order valence-corrected chi connectivity index (χ0v) is 22.5. The summed E-state index contributed by atoms with van der Waals surface area (Å²) in [6.07, 6.45) is -0.396. The van der Waals surface area contributed by atoms with Gasteiger partial charge >= 0.3 is 16.3 Å². The molecule has 0 saturated carbocycles. The number of halogens is 1. The van der Waals surface area contributed by atoms with Gasteiger partial charge in [0.1, 0.15) is 30.2 Å². The number of ether oxygens (including phenoxy) is 2. The van der Waals surface area contributed by atoms with Gasteiger partial charge in [-0.25, -0.2) is 18.2 Å². The highest BCUT2D eigenvalue weighted by Gasteiger charge is 2.38. The van der Waals surface area contributed by atoms with Crippen molar-refractivity contribution in [3.63, 3.8) is 0 Å². The summed E-state index contributed by atoms with van der Waals surface area (Å²) in [5.41, 5.74) is 0.477. The molecule has 0 unspecified atom stereocenters. The monoisotopic (exact) mass is 556 g/mol. The summed E-state index contributed by atoms with van der Waals surface area (Å²) in [6, 6.07) is 15.7. The topological polar surface area (TPSA) is 117 Å². The lowest BCUT2D eigenvalue weighted by Gasteiger charge is -2.40. The Hall–Kier alpha value is -4.06. The Morgan fingerprint density at radius 3 is 2.49 bits per heavy atom. The van der Waals surface area contributed by atoms with Crippen LogP contribution in [0, 0.1) is 5.82 Å². The number of fused-ring (bicyclic) bond motifs is 1. The minimum Gasteiger partial charge on any atom is -0.487 e. The van der Waals surface area contributed by atoms with Gasteiger partial charge in [-0.1, -0.05) is 36.4 Å². The quantitative estimate of drug-likeness (QED) is 0.475. The molecular formula is C27H29FN4O6S. The molecule has 206 valence electrons. The lowest BCUT2D eigenvalue weighted by atomic mass is 10.1. The molecule has 3 aromatic rings. The molecule has 0 aliphatic carbocycles. The van der Waals surface area contributed by atoms with Crippen LogP contribution in [-0.4, -0.2) is 56.6 Å². The average Bonchev–Trinajstić information content (AvgIpc) is 3.10. The minimum absolute atomic E-state index is 0.00312. The molecule has 2 N–H and O–H groups in total. The van der Waals surface area contributed by atoms with Crippen LogP contribution in [0.25, 0.3) is 10.8 Å². The van der Waals surface area contributed by atoms with E-state index in [1.54, 1.807) is 49.9 Å². The number of carbonyl (C=O) groups excluding carboxylic acids is 2. The highest BCUT2D eigenvalue weighted by molar-refractivity contribution is 7.92. The van der Waals surface area contributed by atoms with E-state index in [4.69, 9.17) is 9.47 Å². The number of benzene rings is 3. The predicted octanol–water partition coefficient (Wildman–Crippen LogP) is 3.77. The molecule has 2 fully saturated rings. The molecule has 10 nitrogen and oxygen atoms in total. The molecule has 39 heavy (non-hydrogen) atoms. The molecule has 12 heteroatoms. The molecule has 2 aliphatic rings. The summed E-state index contributed by atoms with van der Waals surface area (Å²) in [5, 5.41) is 3.92. The van der Waals surface area contributed by atoms with Gasteiger partial charge in [0.15, 0.2) is 5.82 Å². The largest absolute Gasteiger partial charge is 0.487 e. The van der Waals surface area contributed by atoms with Crippen molar-refractivity contribution in [1.29, 1.82) is 0 Å². The molecule has 2 amide bonds. The zero-order chi connectivity index (χ0) is 27.9. The number of anilines is 2. The van der Waals surface area contributed by atoms with Gasteiger partial charge in [0.2, 0.25) is 0 Å². The highest BCUT2D eigenvalue weighted by atomic mass is 32.2. The molecule has 3 aromatic carbocycles. The molecule has 2 saturated heterocycles. The number of hydrogen-bond acceptors (Lipinski definition) is 7. The number of nitrogens with zero attached hydrogens (tertiary/aromatic N) is 2. The molecule has 5 rings (SSSR count). The number of amides is 2. The summed E-state index contributed by atoms with van der Waals surface area (Å²) < 4.78 is 55.2. The molecule has 0 atom stereocenters. The second-order valence-corrected chi connectivity index (χ2v) is 12.1. The van der Waals surface area contributed by atoms with Crippen molar-refractivity contribution in [2.24, 2.45) is 0 Å². The Balaban J connectivity index is 1.42. The normalized spacial score (nSPS) is 17.1. The standard InChI is InChI=1S/C27H29FN4O6S/c1-27(2,3)38-26(34)31-13-20(14-31)29-19-10-9-18-11-22(37-16-17-7-5-4-6-8-17)25(24(28)21(18)12-19)32-15-23(33)30-39(32,35)36/h4-12,20,29H,13-16H2,1-3H3,(H,30,33). The highest BCUT2D eigenvalue weighted by Crippen LogP contribution is 2.40. The Kier molecular flexibility index (Phi) is 6.75. The molecular weight excluding hydrogens is 527 g/mol. The van der Waals surface area contributed by atoms with Crippen molar-refractivity contribution in [1.82, 2.24) is 9.62 Å². The fourth-order valence-electron chi connectivity index (χ4n) is 4.41. The van der Waals surface area contributed by atoms with E-state index < -0.39 is 40.2 Å². The van der Waals surface area contributed by atoms with Crippen molar-refractivity contribution in [3.05, 3.63) is 66.0 Å². The third-order valence-corrected chi connectivity index (χ3v) is 7.61. The fourth-order valence-corrected chi connectivity index (χ4v) is 5.57. The van der Waals surface area contributed by atoms with E-state index >= 15 is 4.39 Å². The van der Waals surface area contributed by atoms with Crippen molar-refractivity contribution >= 4 is 44.4 Å². The number of carbonyl (C=O) groups is 2. The van der Waals surface area contributed by atoms with E-state index in [1.807, 2.05) is 35.1 Å². The SMILES string of the molecule is CC(C)(C)OC(=O)N1CC(Nc2ccc3cc(OCc4ccccc4)c(N4CC(=O)NS4(=O)=O)c(F)c3c2)C1. The Labute approximate surface area is 225 Å². The number of likely N-dealkylation sites (tertiary alicyclic amines) is 1. The van der Waals surface area contributed by atoms with Crippen LogP contribution in [0.3, 0.4) is 0 Å². The van der Waals surface area contributed by atoms with Crippen LogP contribution in [0.2, 0.25) is 0 Å². The van der Waals surface area contributed by atoms with Crippen LogP contribution >= 0.6 is 0 Å². The van der Waals surface area contributed by atoms with Crippen LogP contribution in [0.1, 0.15) is 26.3 Å². The fraction of sp³-hybridized carbons (Fsp3) is 0.333. The van der Waals surface area contributed by atoms with Gasteiger partial charge in [-0.3, -0.25) is 4.79 Å². The van der Waals surface area contributed by atoms with Gasteiger partial charge in [-0.2, -0.15) is 8.42 Å². The van der Waals surface area contributed by atoms with E-state index in [0.717, 1.165) is 5.56 Å². The maximum absolute atomic E-state index is 16.1. The summed E-state index contributed by atoms with van der Waals surface area (Å²) in [7, 11) is -4.29. The van der Waals surface area contributed by atoms with Crippen LogP contribution < -0.4 is 19.1 Å². The van der Waals surface area contributed by atoms with Crippen molar-refractivity contribution in [2.75, 3.05) is 29.3 Å². The maximum atomic E-state index is 16.1. The van der Waals surface area contributed by atoms with Gasteiger partial charge in [0.25, 0.3) is 5.91 Å². The van der Waals surface area contributed by atoms with Gasteiger partial charge in [0, 0.05) is 24.2 Å². The third kappa shape index (κ3) is 5.70. The molecule has 0 aromatic heterocycles. The van der Waals surface area contributed by atoms with Gasteiger partial charge in [-0.15, -0.1) is 0 Å². The van der Waals surface area contributed by atoms with Gasteiger partial charge < -0.3 is 19.7 Å². The second-order valence-electron chi connectivity index (χ2n) is 10.5. The first kappa shape index (κ1) is 26.5. The van der Waals surface area contributed by atoms with Gasteiger partial charge in [-0.05, 0) is 49.9 Å². The first-order chi connectivity index (χ1) is 18.4. The van der Waals surface area contributed by atoms with E-state index in [1.165, 1.54) is 0 Å². The minimum atomic E-state index is -4.29. The van der Waals surface area contributed by atoms with Crippen molar-refractivity contribution in [3.8, 4) is 5.75 Å². The molecule has 0 radical (unpaired) electrons. The van der Waals surface area contributed by atoms with Crippen LogP contribution in [0.4, 0.5) is 20.6 Å². The van der Waals surface area contributed by atoms with Crippen LogP contribution in [-0.2, 0) is 26.3 Å². The molecule has 0 bridgehead atoms. The zero-order valence-electron chi connectivity index (χ0n) is 21.7. The van der Waals surface area contributed by atoms with Crippen molar-refractivity contribution in [2.45, 2.75) is 39.0 Å². The van der Waals surface area contributed by atoms with Crippen LogP contribution in [0.5, 0.6) is 5.75 Å². The predicted molar refractivity (Wildman–Crippen MR) is 144 cm³/mol. The summed E-state index contributed by atoms with van der Waals surface area (Å²) >= 11 is 0. The second kappa shape index (κ2) is 9.92. The number of rotatable bonds is 6. The summed E-state index contributed by atoms with van der Waals surface area (Å²) in [4.78, 5) is 25.7. The molecule has 2 heterocycles. The Morgan fingerprint density at radius 2 is 1.85 bits per heavy atom. The summed E-state index contributed by atoms with van der Waals surface area (Å²) in [5.74, 6) is -1.60. The molecule has 0 spiro atoms. The smallest absolute Gasteiger partial charge is 0.410 e. The molecule has 2 aliphatic heterocycles.